The van der Waals surface area contributed by atoms with E-state index in [1.807, 2.05) is 48.5 Å². The Bertz CT molecular complexity index is 1230. The van der Waals surface area contributed by atoms with Gasteiger partial charge in [0.1, 0.15) is 5.75 Å². The van der Waals surface area contributed by atoms with Gasteiger partial charge in [-0.15, -0.1) is 11.3 Å². The van der Waals surface area contributed by atoms with Gasteiger partial charge in [0, 0.05) is 11.1 Å². The van der Waals surface area contributed by atoms with Crippen LogP contribution in [0, 0.1) is 0 Å². The number of methoxy groups -OCH3 is 1. The van der Waals surface area contributed by atoms with E-state index in [2.05, 4.69) is 15.0 Å². The molecule has 1 fully saturated rings. The quantitative estimate of drug-likeness (QED) is 0.499. The number of thiazole rings is 1. The van der Waals surface area contributed by atoms with Crippen LogP contribution in [0.4, 0.5) is 10.8 Å². The van der Waals surface area contributed by atoms with E-state index in [9.17, 15) is 13.2 Å². The summed E-state index contributed by atoms with van der Waals surface area (Å²) in [5, 5.41) is 4.61. The molecular weight excluding hydrogens is 446 g/mol. The van der Waals surface area contributed by atoms with Crippen LogP contribution in [0.5, 0.6) is 5.75 Å². The standard InChI is InChI=1S/C23H25N3O4S2/c1-23(2,20-14-31-22(25-20)26-32(28,29)19-11-12-19)21(27)24-17-9-7-15(8-10-17)16-5-4-6-18(13-16)30-3/h4-10,13-14,19H,11-12H2,1-3H3,(H,24,27)(H,25,26). The molecule has 1 aromatic heterocycles. The van der Waals surface area contributed by atoms with Crippen LogP contribution in [-0.4, -0.2) is 31.7 Å². The maximum atomic E-state index is 13.0. The first kappa shape index (κ1) is 22.3. The minimum Gasteiger partial charge on any atom is -0.497 e. The molecule has 2 N–H and O–H groups in total. The zero-order valence-electron chi connectivity index (χ0n) is 18.1. The van der Waals surface area contributed by atoms with Gasteiger partial charge in [0.15, 0.2) is 5.13 Å². The van der Waals surface area contributed by atoms with Gasteiger partial charge in [0.25, 0.3) is 0 Å². The minimum atomic E-state index is -3.38. The summed E-state index contributed by atoms with van der Waals surface area (Å²) in [6.07, 6.45) is 1.36. The predicted octanol–water partition coefficient (Wildman–Crippen LogP) is 4.64. The van der Waals surface area contributed by atoms with Gasteiger partial charge < -0.3 is 10.1 Å². The topological polar surface area (TPSA) is 97.4 Å². The van der Waals surface area contributed by atoms with Gasteiger partial charge in [-0.25, -0.2) is 13.4 Å². The molecule has 7 nitrogen and oxygen atoms in total. The van der Waals surface area contributed by atoms with E-state index in [4.69, 9.17) is 4.74 Å². The molecule has 1 amide bonds. The Morgan fingerprint density at radius 1 is 1.12 bits per heavy atom. The molecule has 0 spiro atoms. The van der Waals surface area contributed by atoms with E-state index < -0.39 is 15.4 Å². The van der Waals surface area contributed by atoms with E-state index in [0.717, 1.165) is 16.9 Å². The number of aromatic nitrogens is 1. The largest absolute Gasteiger partial charge is 0.497 e. The zero-order valence-corrected chi connectivity index (χ0v) is 19.7. The molecule has 0 aliphatic heterocycles. The van der Waals surface area contributed by atoms with Crippen LogP contribution >= 0.6 is 11.3 Å². The lowest BCUT2D eigenvalue weighted by molar-refractivity contribution is -0.120. The smallest absolute Gasteiger partial charge is 0.237 e. The van der Waals surface area contributed by atoms with Crippen molar-refractivity contribution in [2.24, 2.45) is 0 Å². The highest BCUT2D eigenvalue weighted by Crippen LogP contribution is 2.33. The Labute approximate surface area is 191 Å². The minimum absolute atomic E-state index is 0.228. The van der Waals surface area contributed by atoms with E-state index in [-0.39, 0.29) is 16.3 Å². The maximum Gasteiger partial charge on any atom is 0.237 e. The van der Waals surface area contributed by atoms with Crippen molar-refractivity contribution in [3.8, 4) is 16.9 Å². The molecule has 0 unspecified atom stereocenters. The average molecular weight is 472 g/mol. The molecule has 3 aromatic rings. The number of nitrogens with one attached hydrogen (secondary N) is 2. The lowest BCUT2D eigenvalue weighted by Crippen LogP contribution is -2.35. The van der Waals surface area contributed by atoms with E-state index >= 15 is 0 Å². The number of nitrogens with zero attached hydrogens (tertiary/aromatic N) is 1. The monoisotopic (exact) mass is 471 g/mol. The molecule has 0 radical (unpaired) electrons. The van der Waals surface area contributed by atoms with Crippen molar-refractivity contribution < 1.29 is 17.9 Å². The van der Waals surface area contributed by atoms with Crippen molar-refractivity contribution in [2.75, 3.05) is 17.1 Å². The number of hydrogen-bond donors (Lipinski definition) is 2. The van der Waals surface area contributed by atoms with Crippen LogP contribution in [0.1, 0.15) is 32.4 Å². The molecule has 1 heterocycles. The number of rotatable bonds is 8. The third kappa shape index (κ3) is 4.78. The maximum absolute atomic E-state index is 13.0. The number of carbonyl (C=O) groups excluding carboxylic acids is 1. The Morgan fingerprint density at radius 2 is 1.84 bits per heavy atom. The van der Waals surface area contributed by atoms with Gasteiger partial charge in [-0.1, -0.05) is 24.3 Å². The Morgan fingerprint density at radius 3 is 2.50 bits per heavy atom. The van der Waals surface area contributed by atoms with Crippen molar-refractivity contribution in [2.45, 2.75) is 37.4 Å². The summed E-state index contributed by atoms with van der Waals surface area (Å²) in [6, 6.07) is 15.3. The summed E-state index contributed by atoms with van der Waals surface area (Å²) >= 11 is 1.18. The summed E-state index contributed by atoms with van der Waals surface area (Å²) in [7, 11) is -1.75. The first-order chi connectivity index (χ1) is 15.2. The third-order valence-corrected chi connectivity index (χ3v) is 8.16. The highest BCUT2D eigenvalue weighted by Gasteiger charge is 2.37. The van der Waals surface area contributed by atoms with Crippen molar-refractivity contribution in [3.63, 3.8) is 0 Å². The van der Waals surface area contributed by atoms with Crippen molar-refractivity contribution in [1.82, 2.24) is 4.98 Å². The van der Waals surface area contributed by atoms with Crippen molar-refractivity contribution in [3.05, 3.63) is 59.6 Å². The molecule has 2 aromatic carbocycles. The number of hydrogen-bond acceptors (Lipinski definition) is 6. The highest BCUT2D eigenvalue weighted by atomic mass is 32.2. The molecule has 32 heavy (non-hydrogen) atoms. The van der Waals surface area contributed by atoms with E-state index in [0.29, 0.717) is 24.2 Å². The molecular formula is C23H25N3O4S2. The first-order valence-corrected chi connectivity index (χ1v) is 12.7. The highest BCUT2D eigenvalue weighted by molar-refractivity contribution is 7.93. The van der Waals surface area contributed by atoms with Crippen molar-refractivity contribution >= 4 is 38.1 Å². The summed E-state index contributed by atoms with van der Waals surface area (Å²) < 4.78 is 32.1. The summed E-state index contributed by atoms with van der Waals surface area (Å²) in [5.74, 6) is 0.553. The number of carbonyl (C=O) groups is 1. The van der Waals surface area contributed by atoms with Crippen LogP contribution in [0.15, 0.2) is 53.9 Å². The number of anilines is 2. The number of ether oxygens (including phenoxy) is 1. The second kappa shape index (κ2) is 8.55. The average Bonchev–Trinajstić information content (AvgIpc) is 3.54. The lowest BCUT2D eigenvalue weighted by Gasteiger charge is -2.21. The molecule has 1 aliphatic rings. The fraction of sp³-hybridized carbons (Fsp3) is 0.304. The van der Waals surface area contributed by atoms with Crippen LogP contribution in [-0.2, 0) is 20.2 Å². The Kier molecular flexibility index (Phi) is 5.96. The van der Waals surface area contributed by atoms with Crippen LogP contribution in [0.25, 0.3) is 11.1 Å². The number of benzene rings is 2. The van der Waals surface area contributed by atoms with Crippen LogP contribution in [0.3, 0.4) is 0 Å². The van der Waals surface area contributed by atoms with Gasteiger partial charge in [-0.05, 0) is 62.1 Å². The first-order valence-electron chi connectivity index (χ1n) is 10.2. The molecule has 1 saturated carbocycles. The van der Waals surface area contributed by atoms with E-state index in [1.165, 1.54) is 11.3 Å². The zero-order chi connectivity index (χ0) is 22.9. The van der Waals surface area contributed by atoms with Gasteiger partial charge in [0.05, 0.1) is 23.5 Å². The van der Waals surface area contributed by atoms with Gasteiger partial charge in [-0.3, -0.25) is 9.52 Å². The molecule has 168 valence electrons. The summed E-state index contributed by atoms with van der Waals surface area (Å²) in [4.78, 5) is 17.3. The van der Waals surface area contributed by atoms with Crippen LogP contribution < -0.4 is 14.8 Å². The van der Waals surface area contributed by atoms with E-state index in [1.54, 1.807) is 26.3 Å². The van der Waals surface area contributed by atoms with Crippen molar-refractivity contribution in [1.29, 1.82) is 0 Å². The van der Waals surface area contributed by atoms with Gasteiger partial charge in [-0.2, -0.15) is 0 Å². The second-order valence-electron chi connectivity index (χ2n) is 8.27. The van der Waals surface area contributed by atoms with Gasteiger partial charge >= 0.3 is 0 Å². The molecule has 0 atom stereocenters. The van der Waals surface area contributed by atoms with Crippen LogP contribution in [0.2, 0.25) is 0 Å². The fourth-order valence-corrected chi connectivity index (χ4v) is 5.62. The Hall–Kier alpha value is -2.91. The summed E-state index contributed by atoms with van der Waals surface area (Å²) in [6.45, 7) is 3.53. The normalized spacial score (nSPS) is 14.1. The molecule has 4 rings (SSSR count). The molecule has 1 aliphatic carbocycles. The van der Waals surface area contributed by atoms with Gasteiger partial charge in [0.2, 0.25) is 15.9 Å². The Balaban J connectivity index is 1.44. The lowest BCUT2D eigenvalue weighted by atomic mass is 9.89. The molecule has 9 heteroatoms. The SMILES string of the molecule is COc1cccc(-c2ccc(NC(=O)C(C)(C)c3csc(NS(=O)(=O)C4CC4)n3)cc2)c1. The fourth-order valence-electron chi connectivity index (χ4n) is 3.14. The second-order valence-corrected chi connectivity index (χ2v) is 11.1. The number of sulfonamides is 1. The third-order valence-electron chi connectivity index (χ3n) is 5.45. The summed E-state index contributed by atoms with van der Waals surface area (Å²) in [5.41, 5.74) is 2.27. The molecule has 0 bridgehead atoms. The number of amides is 1. The predicted molar refractivity (Wildman–Crippen MR) is 128 cm³/mol. The molecule has 0 saturated heterocycles.